The molecular formula is C20H24N10O12P2S. The Labute approximate surface area is 254 Å². The molecule has 3 aliphatic heterocycles. The van der Waals surface area contributed by atoms with E-state index >= 15 is 0 Å². The molecule has 7 rings (SSSR count). The molecule has 4 aromatic rings. The molecule has 9 N–H and O–H groups in total. The number of aromatic nitrogens is 8. The molecule has 0 aliphatic carbocycles. The van der Waals surface area contributed by atoms with Gasteiger partial charge in [-0.1, -0.05) is 0 Å². The van der Waals surface area contributed by atoms with Crippen molar-refractivity contribution in [3.63, 3.8) is 0 Å². The summed E-state index contributed by atoms with van der Waals surface area (Å²) in [6, 6.07) is 0. The van der Waals surface area contributed by atoms with Crippen LogP contribution in [-0.2, 0) is 43.9 Å². The number of hydrogen-bond acceptors (Lipinski definition) is 18. The van der Waals surface area contributed by atoms with Gasteiger partial charge in [-0.15, -0.1) is 0 Å². The first-order valence-corrected chi connectivity index (χ1v) is 17.0. The number of phosphoric acid groups is 1. The number of nitrogens with zero attached hydrogens (tertiary/aromatic N) is 7. The SMILES string of the molecule is Nc1nc2c(ncn2[C@@H]2O[C@@H]3COP(O)(=S)OC4C(O)C(n5cnc6c(N)ncnc65)O[C@@H]4COP(=O)(O)OC2C3O)c(=O)[nH]1. The molecule has 3 saturated heterocycles. The summed E-state index contributed by atoms with van der Waals surface area (Å²) in [5, 5.41) is 22.3. The van der Waals surface area contributed by atoms with Crippen LogP contribution in [0.5, 0.6) is 0 Å². The lowest BCUT2D eigenvalue weighted by molar-refractivity contribution is -0.0647. The lowest BCUT2D eigenvalue weighted by atomic mass is 10.1. The molecule has 7 unspecified atom stereocenters. The molecule has 3 fully saturated rings. The number of aliphatic hydroxyl groups is 2. The van der Waals surface area contributed by atoms with Crippen molar-refractivity contribution in [1.82, 2.24) is 39.0 Å². The minimum Gasteiger partial charge on any atom is -0.387 e. The van der Waals surface area contributed by atoms with Crippen molar-refractivity contribution in [3.05, 3.63) is 29.3 Å². The van der Waals surface area contributed by atoms with Crippen LogP contribution in [0, 0.1) is 0 Å². The number of imidazole rings is 2. The molecule has 3 aliphatic rings. The Kier molecular flexibility index (Phi) is 7.52. The van der Waals surface area contributed by atoms with Gasteiger partial charge < -0.3 is 45.5 Å². The molecule has 45 heavy (non-hydrogen) atoms. The molecule has 22 nitrogen and oxygen atoms in total. The number of anilines is 2. The van der Waals surface area contributed by atoms with Gasteiger partial charge in [-0.3, -0.25) is 32.5 Å². The molecule has 10 atom stereocenters. The van der Waals surface area contributed by atoms with Crippen LogP contribution in [0.2, 0.25) is 0 Å². The standard InChI is InChI=1S/C20H24N10O12P2S/c21-14-8-15(24-3-23-14)29(4-25-8)18-11(32)12-7(40-18)2-37-43(34,35)41-13-10(31)6(1-38-44(36,45)42-12)39-19(13)30-5-26-9-16(30)27-20(22)28-17(9)33/h3-7,10-13,18-19,31-32H,1-2H2,(H,34,35)(H,36,45)(H2,21,23,24)(H3,22,27,28,33)/t6-,7-,10?,11?,12?,13?,18?,19-,44?/m1/s1. The zero-order chi connectivity index (χ0) is 31.8. The van der Waals surface area contributed by atoms with Gasteiger partial charge in [0.05, 0.1) is 25.9 Å². The predicted molar refractivity (Wildman–Crippen MR) is 150 cm³/mol. The van der Waals surface area contributed by atoms with E-state index in [1.807, 2.05) is 0 Å². The van der Waals surface area contributed by atoms with Gasteiger partial charge >= 0.3 is 14.5 Å². The normalized spacial score (nSPS) is 37.7. The number of fused-ring (bicyclic) bond motifs is 5. The van der Waals surface area contributed by atoms with Crippen LogP contribution in [0.25, 0.3) is 22.3 Å². The summed E-state index contributed by atoms with van der Waals surface area (Å²) < 4.78 is 49.2. The number of nitrogen functional groups attached to an aromatic ring is 2. The van der Waals surface area contributed by atoms with Gasteiger partial charge in [-0.25, -0.2) is 24.5 Å². The summed E-state index contributed by atoms with van der Waals surface area (Å²) in [4.78, 5) is 56.4. The van der Waals surface area contributed by atoms with Crippen LogP contribution < -0.4 is 17.0 Å². The molecule has 4 aromatic heterocycles. The second-order valence-electron chi connectivity index (χ2n) is 10.1. The Morgan fingerprint density at radius 3 is 2.36 bits per heavy atom. The van der Waals surface area contributed by atoms with Gasteiger partial charge in [0.25, 0.3) is 5.56 Å². The molecule has 2 bridgehead atoms. The zero-order valence-electron chi connectivity index (χ0n) is 22.4. The third kappa shape index (κ3) is 5.44. The number of nitrogens with two attached hydrogens (primary N) is 2. The Hall–Kier alpha value is -3.02. The Balaban J connectivity index is 1.21. The minimum absolute atomic E-state index is 0.0677. The largest absolute Gasteiger partial charge is 0.472 e. The van der Waals surface area contributed by atoms with E-state index in [2.05, 4.69) is 29.9 Å². The number of rotatable bonds is 2. The maximum atomic E-state index is 13.2. The lowest BCUT2D eigenvalue weighted by Crippen LogP contribution is -2.36. The first-order chi connectivity index (χ1) is 21.3. The molecule has 242 valence electrons. The van der Waals surface area contributed by atoms with E-state index in [-0.39, 0.29) is 34.1 Å². The fourth-order valence-electron chi connectivity index (χ4n) is 5.30. The monoisotopic (exact) mass is 690 g/mol. The van der Waals surface area contributed by atoms with Crippen LogP contribution in [0.3, 0.4) is 0 Å². The molecule has 25 heteroatoms. The van der Waals surface area contributed by atoms with Crippen LogP contribution in [0.15, 0.2) is 23.8 Å². The van der Waals surface area contributed by atoms with E-state index < -0.39 is 82.4 Å². The number of phosphoric ester groups is 1. The highest BCUT2D eigenvalue weighted by molar-refractivity contribution is 8.07. The summed E-state index contributed by atoms with van der Waals surface area (Å²) in [5.41, 5.74) is 11.0. The van der Waals surface area contributed by atoms with Crippen molar-refractivity contribution in [1.29, 1.82) is 0 Å². The van der Waals surface area contributed by atoms with E-state index in [0.29, 0.717) is 0 Å². The van der Waals surface area contributed by atoms with Crippen molar-refractivity contribution >= 4 is 60.4 Å². The highest BCUT2D eigenvalue weighted by Crippen LogP contribution is 2.53. The Morgan fingerprint density at radius 1 is 0.889 bits per heavy atom. The molecular weight excluding hydrogens is 666 g/mol. The average molecular weight is 690 g/mol. The van der Waals surface area contributed by atoms with E-state index in [0.717, 1.165) is 10.9 Å². The highest BCUT2D eigenvalue weighted by Gasteiger charge is 2.53. The average Bonchev–Trinajstić information content (AvgIpc) is 3.72. The smallest absolute Gasteiger partial charge is 0.387 e. The second-order valence-corrected chi connectivity index (χ2v) is 14.3. The second kappa shape index (κ2) is 11.1. The molecule has 0 saturated carbocycles. The number of hydrogen-bond donors (Lipinski definition) is 7. The minimum atomic E-state index is -5.06. The van der Waals surface area contributed by atoms with Crippen molar-refractivity contribution in [2.24, 2.45) is 0 Å². The number of aliphatic hydroxyl groups excluding tert-OH is 2. The van der Waals surface area contributed by atoms with E-state index in [1.54, 1.807) is 0 Å². The molecule has 7 heterocycles. The molecule has 0 radical (unpaired) electrons. The van der Waals surface area contributed by atoms with Crippen molar-refractivity contribution in [2.75, 3.05) is 24.7 Å². The lowest BCUT2D eigenvalue weighted by Gasteiger charge is -2.27. The Bertz CT molecular complexity index is 1940. The van der Waals surface area contributed by atoms with Crippen LogP contribution in [0.1, 0.15) is 12.5 Å². The fraction of sp³-hybridized carbons (Fsp3) is 0.500. The third-order valence-electron chi connectivity index (χ3n) is 7.32. The van der Waals surface area contributed by atoms with Gasteiger partial charge in [0.15, 0.2) is 35.1 Å². The highest BCUT2D eigenvalue weighted by atomic mass is 32.5. The van der Waals surface area contributed by atoms with Crippen molar-refractivity contribution in [3.8, 4) is 0 Å². The summed E-state index contributed by atoms with van der Waals surface area (Å²) in [6.07, 6.45) is -8.15. The van der Waals surface area contributed by atoms with E-state index in [4.69, 9.17) is 50.8 Å². The maximum Gasteiger partial charge on any atom is 0.472 e. The van der Waals surface area contributed by atoms with E-state index in [1.165, 1.54) is 17.2 Å². The molecule has 0 spiro atoms. The predicted octanol–water partition coefficient (Wildman–Crippen LogP) is -2.23. The van der Waals surface area contributed by atoms with Gasteiger partial charge in [0, 0.05) is 0 Å². The summed E-state index contributed by atoms with van der Waals surface area (Å²) in [7, 11) is -5.06. The van der Waals surface area contributed by atoms with Crippen LogP contribution >= 0.6 is 14.5 Å². The zero-order valence-corrected chi connectivity index (χ0v) is 25.0. The topological polar surface area (TPSA) is 313 Å². The first kappa shape index (κ1) is 30.6. The molecule has 0 aromatic carbocycles. The van der Waals surface area contributed by atoms with Crippen LogP contribution in [-0.4, -0.2) is 109 Å². The maximum absolute atomic E-state index is 13.2. The van der Waals surface area contributed by atoms with Gasteiger partial charge in [0.1, 0.15) is 48.5 Å². The van der Waals surface area contributed by atoms with E-state index in [9.17, 15) is 29.4 Å². The summed E-state index contributed by atoms with van der Waals surface area (Å²) in [6.45, 7) is -5.58. The van der Waals surface area contributed by atoms with Gasteiger partial charge in [-0.05, 0) is 11.8 Å². The summed E-state index contributed by atoms with van der Waals surface area (Å²) in [5.74, 6) is -0.189. The van der Waals surface area contributed by atoms with Crippen LogP contribution in [0.4, 0.5) is 11.8 Å². The van der Waals surface area contributed by atoms with Crippen molar-refractivity contribution in [2.45, 2.75) is 49.1 Å². The fourth-order valence-corrected chi connectivity index (χ4v) is 7.67. The summed E-state index contributed by atoms with van der Waals surface area (Å²) >= 11 is 5.18. The number of aromatic amines is 1. The first-order valence-electron chi connectivity index (χ1n) is 13.0. The number of ether oxygens (including phenoxy) is 2. The van der Waals surface area contributed by atoms with Gasteiger partial charge in [-0.2, -0.15) is 4.98 Å². The quantitative estimate of drug-likeness (QED) is 0.109. The number of nitrogens with one attached hydrogen (secondary N) is 1. The molecule has 0 amide bonds. The van der Waals surface area contributed by atoms with Gasteiger partial charge in [0.2, 0.25) is 5.95 Å². The third-order valence-corrected chi connectivity index (χ3v) is 9.87. The van der Waals surface area contributed by atoms with Crippen molar-refractivity contribution < 1.29 is 52.1 Å². The Morgan fingerprint density at radius 2 is 1.58 bits per heavy atom. The number of H-pyrrole nitrogens is 1.